The molecule has 2 atom stereocenters. The lowest BCUT2D eigenvalue weighted by Gasteiger charge is -2.15. The predicted molar refractivity (Wildman–Crippen MR) is 52.7 cm³/mol. The van der Waals surface area contributed by atoms with Gasteiger partial charge in [0.15, 0.2) is 0 Å². The molecule has 0 aromatic rings. The fourth-order valence-corrected chi connectivity index (χ4v) is 1.08. The fraction of sp³-hybridized carbons (Fsp3) is 0.778. The molecule has 2 unspecified atom stereocenters. The number of hydrogen-bond acceptors (Lipinski definition) is 3. The summed E-state index contributed by atoms with van der Waals surface area (Å²) < 4.78 is 0. The predicted octanol–water partition coefficient (Wildman–Crippen LogP) is -0.0493. The first kappa shape index (κ1) is 12.9. The Bertz CT molecular complexity index is 206. The molecule has 82 valence electrons. The highest BCUT2D eigenvalue weighted by Crippen LogP contribution is 2.01. The number of carboxylic acid groups (broad SMARTS) is 1. The molecule has 14 heavy (non-hydrogen) atoms. The molecule has 0 aliphatic rings. The largest absolute Gasteiger partial charge is 0.481 e. The van der Waals surface area contributed by atoms with Crippen molar-refractivity contribution in [1.29, 1.82) is 0 Å². The van der Waals surface area contributed by atoms with Crippen molar-refractivity contribution in [3.63, 3.8) is 0 Å². The van der Waals surface area contributed by atoms with Gasteiger partial charge >= 0.3 is 5.97 Å². The van der Waals surface area contributed by atoms with Gasteiger partial charge in [-0.1, -0.05) is 6.92 Å². The van der Waals surface area contributed by atoms with Gasteiger partial charge in [-0.25, -0.2) is 0 Å². The van der Waals surface area contributed by atoms with Gasteiger partial charge < -0.3 is 16.2 Å². The topological polar surface area (TPSA) is 92.4 Å². The van der Waals surface area contributed by atoms with Crippen molar-refractivity contribution in [1.82, 2.24) is 5.32 Å². The second-order valence-electron chi connectivity index (χ2n) is 3.49. The number of amides is 1. The molecule has 0 radical (unpaired) electrons. The van der Waals surface area contributed by atoms with Crippen molar-refractivity contribution < 1.29 is 14.7 Å². The van der Waals surface area contributed by atoms with E-state index in [1.165, 1.54) is 0 Å². The van der Waals surface area contributed by atoms with Crippen LogP contribution in [-0.4, -0.2) is 29.6 Å². The highest BCUT2D eigenvalue weighted by Gasteiger charge is 2.15. The molecule has 0 aliphatic carbocycles. The molecule has 0 fully saturated rings. The van der Waals surface area contributed by atoms with Crippen molar-refractivity contribution in [3.8, 4) is 0 Å². The number of nitrogens with one attached hydrogen (secondary N) is 1. The first-order chi connectivity index (χ1) is 6.47. The van der Waals surface area contributed by atoms with Gasteiger partial charge in [-0.15, -0.1) is 0 Å². The molecule has 0 saturated carbocycles. The normalized spacial score (nSPS) is 14.5. The second-order valence-corrected chi connectivity index (χ2v) is 3.49. The summed E-state index contributed by atoms with van der Waals surface area (Å²) in [5.74, 6) is -1.20. The highest BCUT2D eigenvalue weighted by atomic mass is 16.4. The van der Waals surface area contributed by atoms with E-state index < -0.39 is 5.97 Å². The van der Waals surface area contributed by atoms with Gasteiger partial charge in [0.2, 0.25) is 5.91 Å². The molecule has 4 N–H and O–H groups in total. The van der Waals surface area contributed by atoms with Crippen LogP contribution in [0.3, 0.4) is 0 Å². The van der Waals surface area contributed by atoms with Crippen LogP contribution in [0.5, 0.6) is 0 Å². The first-order valence-electron chi connectivity index (χ1n) is 4.69. The summed E-state index contributed by atoms with van der Waals surface area (Å²) in [7, 11) is 0. The molecule has 0 bridgehead atoms. The molecule has 0 aromatic carbocycles. The molecule has 0 spiro atoms. The van der Waals surface area contributed by atoms with Crippen LogP contribution in [0.1, 0.15) is 26.7 Å². The maximum absolute atomic E-state index is 11.4. The van der Waals surface area contributed by atoms with Gasteiger partial charge in [-0.05, 0) is 19.9 Å². The first-order valence-corrected chi connectivity index (χ1v) is 4.69. The van der Waals surface area contributed by atoms with Crippen molar-refractivity contribution in [2.45, 2.75) is 32.7 Å². The lowest BCUT2D eigenvalue weighted by molar-refractivity contribution is -0.137. The van der Waals surface area contributed by atoms with Crippen LogP contribution in [-0.2, 0) is 9.59 Å². The second kappa shape index (κ2) is 6.37. The maximum atomic E-state index is 11.4. The number of aliphatic carboxylic acids is 1. The van der Waals surface area contributed by atoms with Crippen molar-refractivity contribution >= 4 is 11.9 Å². The summed E-state index contributed by atoms with van der Waals surface area (Å²) in [4.78, 5) is 21.7. The minimum absolute atomic E-state index is 0.0545. The Morgan fingerprint density at radius 3 is 2.43 bits per heavy atom. The van der Waals surface area contributed by atoms with Gasteiger partial charge in [-0.3, -0.25) is 9.59 Å². The van der Waals surface area contributed by atoms with Crippen LogP contribution in [0, 0.1) is 5.92 Å². The van der Waals surface area contributed by atoms with E-state index in [4.69, 9.17) is 10.8 Å². The summed E-state index contributed by atoms with van der Waals surface area (Å²) in [5, 5.41) is 11.1. The monoisotopic (exact) mass is 202 g/mol. The molecule has 0 rings (SSSR count). The van der Waals surface area contributed by atoms with Crippen LogP contribution in [0.2, 0.25) is 0 Å². The summed E-state index contributed by atoms with van der Waals surface area (Å²) in [5.41, 5.74) is 5.30. The van der Waals surface area contributed by atoms with E-state index in [9.17, 15) is 9.59 Å². The molecular weight excluding hydrogens is 184 g/mol. The van der Waals surface area contributed by atoms with Gasteiger partial charge in [0, 0.05) is 12.0 Å². The van der Waals surface area contributed by atoms with Gasteiger partial charge in [0.1, 0.15) is 0 Å². The van der Waals surface area contributed by atoms with E-state index in [0.717, 1.165) is 0 Å². The zero-order chi connectivity index (χ0) is 11.1. The number of hydrogen-bond donors (Lipinski definition) is 3. The molecule has 1 amide bonds. The number of nitrogens with two attached hydrogens (primary N) is 1. The summed E-state index contributed by atoms with van der Waals surface area (Å²) in [6.07, 6.45) is 0.562. The molecule has 5 nitrogen and oxygen atoms in total. The third-order valence-corrected chi connectivity index (χ3v) is 1.92. The third-order valence-electron chi connectivity index (χ3n) is 1.92. The average molecular weight is 202 g/mol. The SMILES string of the molecule is CC(CC(=O)O)NC(=O)C(C)CCN. The van der Waals surface area contributed by atoms with E-state index in [1.807, 2.05) is 0 Å². The molecular formula is C9H18N2O3. The Balaban J connectivity index is 3.86. The Kier molecular flexibility index (Phi) is 5.87. The standard InChI is InChI=1S/C9H18N2O3/c1-6(3-4-10)9(14)11-7(2)5-8(12)13/h6-7H,3-5,10H2,1-2H3,(H,11,14)(H,12,13). The van der Waals surface area contributed by atoms with Crippen molar-refractivity contribution in [2.75, 3.05) is 6.54 Å². The van der Waals surface area contributed by atoms with Crippen molar-refractivity contribution in [3.05, 3.63) is 0 Å². The lowest BCUT2D eigenvalue weighted by Crippen LogP contribution is -2.38. The molecule has 0 aromatic heterocycles. The number of rotatable bonds is 6. The van der Waals surface area contributed by atoms with Gasteiger partial charge in [0.25, 0.3) is 0 Å². The Hall–Kier alpha value is -1.10. The lowest BCUT2D eigenvalue weighted by atomic mass is 10.1. The molecule has 0 aliphatic heterocycles. The highest BCUT2D eigenvalue weighted by molar-refractivity contribution is 5.79. The van der Waals surface area contributed by atoms with Gasteiger partial charge in [0.05, 0.1) is 6.42 Å². The summed E-state index contributed by atoms with van der Waals surface area (Å²) in [6, 6.07) is -0.333. The van der Waals surface area contributed by atoms with Crippen LogP contribution in [0.15, 0.2) is 0 Å². The average Bonchev–Trinajstić information content (AvgIpc) is 2.02. The number of carboxylic acids is 1. The smallest absolute Gasteiger partial charge is 0.305 e. The van der Waals surface area contributed by atoms with Crippen molar-refractivity contribution in [2.24, 2.45) is 11.7 Å². The van der Waals surface area contributed by atoms with E-state index >= 15 is 0 Å². The van der Waals surface area contributed by atoms with E-state index in [0.29, 0.717) is 13.0 Å². The Morgan fingerprint density at radius 1 is 1.43 bits per heavy atom. The Labute approximate surface area is 83.7 Å². The van der Waals surface area contributed by atoms with Gasteiger partial charge in [-0.2, -0.15) is 0 Å². The Morgan fingerprint density at radius 2 is 2.00 bits per heavy atom. The fourth-order valence-electron chi connectivity index (χ4n) is 1.08. The zero-order valence-corrected chi connectivity index (χ0v) is 8.62. The third kappa shape index (κ3) is 5.53. The molecule has 0 heterocycles. The van der Waals surface area contributed by atoms with Crippen LogP contribution >= 0.6 is 0 Å². The number of carbonyl (C=O) groups is 2. The summed E-state index contributed by atoms with van der Waals surface area (Å²) in [6.45, 7) is 3.90. The summed E-state index contributed by atoms with van der Waals surface area (Å²) >= 11 is 0. The molecule has 0 saturated heterocycles. The maximum Gasteiger partial charge on any atom is 0.305 e. The van der Waals surface area contributed by atoms with Crippen LogP contribution in [0.25, 0.3) is 0 Å². The van der Waals surface area contributed by atoms with E-state index in [-0.39, 0.29) is 24.3 Å². The van der Waals surface area contributed by atoms with Crippen LogP contribution in [0.4, 0.5) is 0 Å². The van der Waals surface area contributed by atoms with E-state index in [1.54, 1.807) is 13.8 Å². The minimum atomic E-state index is -0.913. The quantitative estimate of drug-likeness (QED) is 0.563. The van der Waals surface area contributed by atoms with E-state index in [2.05, 4.69) is 5.32 Å². The number of carbonyl (C=O) groups excluding carboxylic acids is 1. The minimum Gasteiger partial charge on any atom is -0.481 e. The van der Waals surface area contributed by atoms with Crippen LogP contribution < -0.4 is 11.1 Å². The molecule has 5 heteroatoms. The zero-order valence-electron chi connectivity index (χ0n) is 8.62.